The zero-order chi connectivity index (χ0) is 17.0. The van der Waals surface area contributed by atoms with Gasteiger partial charge in [-0.15, -0.1) is 0 Å². The van der Waals surface area contributed by atoms with E-state index in [1.54, 1.807) is 38.1 Å². The van der Waals surface area contributed by atoms with Gasteiger partial charge in [-0.3, -0.25) is 10.1 Å². The summed E-state index contributed by atoms with van der Waals surface area (Å²) in [7, 11) is 1.53. The summed E-state index contributed by atoms with van der Waals surface area (Å²) >= 11 is 0. The highest BCUT2D eigenvalue weighted by atomic mass is 16.6. The van der Waals surface area contributed by atoms with Gasteiger partial charge in [0.15, 0.2) is 0 Å². The Balaban J connectivity index is 2.66. The van der Waals surface area contributed by atoms with Crippen LogP contribution in [0.25, 0.3) is 11.3 Å². The third-order valence-corrected chi connectivity index (χ3v) is 3.16. The highest BCUT2D eigenvalue weighted by molar-refractivity contribution is 5.97. The Morgan fingerprint density at radius 1 is 1.30 bits per heavy atom. The van der Waals surface area contributed by atoms with Crippen molar-refractivity contribution in [2.45, 2.75) is 13.8 Å². The number of nitrogens with zero attached hydrogens (tertiary/aromatic N) is 2. The molecule has 1 aromatic heterocycles. The summed E-state index contributed by atoms with van der Waals surface area (Å²) in [5.74, 6) is -0.117. The van der Waals surface area contributed by atoms with E-state index in [0.717, 1.165) is 0 Å². The van der Waals surface area contributed by atoms with Gasteiger partial charge in [-0.1, -0.05) is 0 Å². The van der Waals surface area contributed by atoms with E-state index in [0.29, 0.717) is 17.0 Å². The summed E-state index contributed by atoms with van der Waals surface area (Å²) in [6.07, 6.45) is 0. The van der Waals surface area contributed by atoms with Gasteiger partial charge in [-0.2, -0.15) is 0 Å². The van der Waals surface area contributed by atoms with Gasteiger partial charge in [0.25, 0.3) is 0 Å². The number of carbonyl (C=O) groups is 1. The molecule has 1 aromatic carbocycles. The third-order valence-electron chi connectivity index (χ3n) is 3.16. The van der Waals surface area contributed by atoms with Crippen LogP contribution in [0.2, 0.25) is 0 Å². The average molecular weight is 316 g/mol. The fourth-order valence-electron chi connectivity index (χ4n) is 2.17. The second-order valence-corrected chi connectivity index (χ2v) is 4.71. The van der Waals surface area contributed by atoms with Gasteiger partial charge in [0.2, 0.25) is 0 Å². The molecule has 0 saturated heterocycles. The number of benzene rings is 1. The Morgan fingerprint density at radius 2 is 1.96 bits per heavy atom. The molecule has 0 saturated carbocycles. The molecule has 23 heavy (non-hydrogen) atoms. The van der Waals surface area contributed by atoms with Gasteiger partial charge in [-0.25, -0.2) is 9.78 Å². The molecule has 0 aliphatic rings. The molecule has 0 N–H and O–H groups in total. The normalized spacial score (nSPS) is 10.2. The van der Waals surface area contributed by atoms with Crippen LogP contribution in [-0.4, -0.2) is 29.6 Å². The van der Waals surface area contributed by atoms with E-state index in [1.807, 2.05) is 0 Å². The van der Waals surface area contributed by atoms with Gasteiger partial charge in [-0.05, 0) is 44.2 Å². The van der Waals surface area contributed by atoms with Crippen LogP contribution in [-0.2, 0) is 4.74 Å². The Hall–Kier alpha value is -2.96. The lowest BCUT2D eigenvalue weighted by molar-refractivity contribution is -0.384. The van der Waals surface area contributed by atoms with E-state index in [2.05, 4.69) is 4.98 Å². The van der Waals surface area contributed by atoms with Crippen molar-refractivity contribution >= 4 is 11.7 Å². The highest BCUT2D eigenvalue weighted by Gasteiger charge is 2.28. The van der Waals surface area contributed by atoms with E-state index < -0.39 is 10.9 Å². The molecule has 7 heteroatoms. The number of hydrogen-bond donors (Lipinski definition) is 0. The Labute approximate surface area is 133 Å². The number of esters is 1. The maximum Gasteiger partial charge on any atom is 0.345 e. The van der Waals surface area contributed by atoms with Crippen LogP contribution in [0.4, 0.5) is 5.69 Å². The minimum atomic E-state index is -0.737. The molecule has 0 aliphatic carbocycles. The molecule has 0 radical (unpaired) electrons. The van der Waals surface area contributed by atoms with Crippen LogP contribution in [0.3, 0.4) is 0 Å². The molecule has 2 rings (SSSR count). The molecule has 0 atom stereocenters. The number of rotatable bonds is 5. The predicted molar refractivity (Wildman–Crippen MR) is 83.6 cm³/mol. The number of aromatic nitrogens is 1. The van der Waals surface area contributed by atoms with Gasteiger partial charge in [0, 0.05) is 11.3 Å². The number of pyridine rings is 1. The molecule has 120 valence electrons. The van der Waals surface area contributed by atoms with Crippen molar-refractivity contribution in [3.05, 3.63) is 51.7 Å². The summed E-state index contributed by atoms with van der Waals surface area (Å²) in [5.41, 5.74) is 0.673. The van der Waals surface area contributed by atoms with E-state index in [9.17, 15) is 14.9 Å². The largest absolute Gasteiger partial charge is 0.497 e. The molecule has 0 unspecified atom stereocenters. The number of carbonyl (C=O) groups excluding carboxylic acids is 1. The van der Waals surface area contributed by atoms with Crippen molar-refractivity contribution in [1.29, 1.82) is 0 Å². The summed E-state index contributed by atoms with van der Waals surface area (Å²) in [6, 6.07) is 8.02. The molecule has 0 fully saturated rings. The Bertz CT molecular complexity index is 741. The molecular weight excluding hydrogens is 300 g/mol. The van der Waals surface area contributed by atoms with Gasteiger partial charge >= 0.3 is 11.7 Å². The summed E-state index contributed by atoms with van der Waals surface area (Å²) in [5, 5.41) is 11.5. The molecular formula is C16H16N2O5. The van der Waals surface area contributed by atoms with Gasteiger partial charge in [0.05, 0.1) is 18.6 Å². The lowest BCUT2D eigenvalue weighted by atomic mass is 10.0. The SMILES string of the molecule is CCOC(=O)c1cc(C)nc(-c2ccc(OC)cc2)c1[N+](=O)[O-]. The lowest BCUT2D eigenvalue weighted by Gasteiger charge is -2.09. The fraction of sp³-hybridized carbons (Fsp3) is 0.250. The third kappa shape index (κ3) is 3.45. The lowest BCUT2D eigenvalue weighted by Crippen LogP contribution is -2.10. The number of methoxy groups -OCH3 is 1. The number of ether oxygens (including phenoxy) is 2. The summed E-state index contributed by atoms with van der Waals surface area (Å²) in [4.78, 5) is 27.1. The first-order chi connectivity index (χ1) is 11.0. The van der Waals surface area contributed by atoms with Crippen molar-refractivity contribution in [3.8, 4) is 17.0 Å². The van der Waals surface area contributed by atoms with Gasteiger partial charge < -0.3 is 9.47 Å². The average Bonchev–Trinajstić information content (AvgIpc) is 2.54. The standard InChI is InChI=1S/C16H16N2O5/c1-4-23-16(19)13-9-10(2)17-14(15(13)18(20)21)11-5-7-12(22-3)8-6-11/h5-9H,4H2,1-3H3. The van der Waals surface area contributed by atoms with E-state index in [-0.39, 0.29) is 23.6 Å². The van der Waals surface area contributed by atoms with E-state index in [1.165, 1.54) is 13.2 Å². The maximum absolute atomic E-state index is 12.0. The molecule has 0 spiro atoms. The second kappa shape index (κ2) is 6.87. The number of nitro groups is 1. The zero-order valence-electron chi connectivity index (χ0n) is 13.0. The van der Waals surface area contributed by atoms with Crippen LogP contribution in [0.5, 0.6) is 5.75 Å². The van der Waals surface area contributed by atoms with E-state index in [4.69, 9.17) is 9.47 Å². The molecule has 0 bridgehead atoms. The van der Waals surface area contributed by atoms with Crippen LogP contribution >= 0.6 is 0 Å². The zero-order valence-corrected chi connectivity index (χ0v) is 13.0. The van der Waals surface area contributed by atoms with Crippen LogP contribution in [0, 0.1) is 17.0 Å². The summed E-state index contributed by atoms with van der Waals surface area (Å²) in [6.45, 7) is 3.44. The number of hydrogen-bond acceptors (Lipinski definition) is 6. The fourth-order valence-corrected chi connectivity index (χ4v) is 2.17. The topological polar surface area (TPSA) is 91.6 Å². The molecule has 7 nitrogen and oxygen atoms in total. The predicted octanol–water partition coefficient (Wildman–Crippen LogP) is 3.15. The molecule has 0 amide bonds. The van der Waals surface area contributed by atoms with Crippen LogP contribution < -0.4 is 4.74 Å². The smallest absolute Gasteiger partial charge is 0.345 e. The van der Waals surface area contributed by atoms with Crippen molar-refractivity contribution in [2.75, 3.05) is 13.7 Å². The first-order valence-electron chi connectivity index (χ1n) is 6.95. The summed E-state index contributed by atoms with van der Waals surface area (Å²) < 4.78 is 9.98. The number of aryl methyl sites for hydroxylation is 1. The Morgan fingerprint density at radius 3 is 2.48 bits per heavy atom. The van der Waals surface area contributed by atoms with Crippen LogP contribution in [0.1, 0.15) is 23.0 Å². The quantitative estimate of drug-likeness (QED) is 0.478. The monoisotopic (exact) mass is 316 g/mol. The second-order valence-electron chi connectivity index (χ2n) is 4.71. The first-order valence-corrected chi connectivity index (χ1v) is 6.95. The van der Waals surface area contributed by atoms with Crippen molar-refractivity contribution in [1.82, 2.24) is 4.98 Å². The minimum Gasteiger partial charge on any atom is -0.497 e. The van der Waals surface area contributed by atoms with E-state index >= 15 is 0 Å². The maximum atomic E-state index is 12.0. The van der Waals surface area contributed by atoms with Crippen molar-refractivity contribution < 1.29 is 19.2 Å². The van der Waals surface area contributed by atoms with Crippen molar-refractivity contribution in [2.24, 2.45) is 0 Å². The molecule has 2 aromatic rings. The van der Waals surface area contributed by atoms with Crippen LogP contribution in [0.15, 0.2) is 30.3 Å². The highest BCUT2D eigenvalue weighted by Crippen LogP contribution is 2.33. The molecule has 1 heterocycles. The Kier molecular flexibility index (Phi) is 4.90. The van der Waals surface area contributed by atoms with Crippen molar-refractivity contribution in [3.63, 3.8) is 0 Å². The first kappa shape index (κ1) is 16.4. The molecule has 0 aliphatic heterocycles. The van der Waals surface area contributed by atoms with Gasteiger partial charge in [0.1, 0.15) is 17.0 Å². The minimum absolute atomic E-state index is 0.102.